The molecule has 0 amide bonds. The van der Waals surface area contributed by atoms with E-state index in [2.05, 4.69) is 17.2 Å². The van der Waals surface area contributed by atoms with Crippen molar-refractivity contribution < 1.29 is 4.92 Å². The molecule has 5 nitrogen and oxygen atoms in total. The summed E-state index contributed by atoms with van der Waals surface area (Å²) in [4.78, 5) is 14.8. The quantitative estimate of drug-likeness (QED) is 0.620. The summed E-state index contributed by atoms with van der Waals surface area (Å²) >= 11 is 0. The summed E-state index contributed by atoms with van der Waals surface area (Å²) < 4.78 is 0. The molecule has 1 aliphatic rings. The minimum atomic E-state index is -0.369. The largest absolute Gasteiger partial charge is 0.362 e. The first-order chi connectivity index (χ1) is 8.60. The number of aromatic nitrogens is 1. The molecule has 1 aliphatic carbocycles. The lowest BCUT2D eigenvalue weighted by Gasteiger charge is -2.17. The molecule has 0 saturated heterocycles. The van der Waals surface area contributed by atoms with E-state index in [1.165, 1.54) is 12.8 Å². The third-order valence-corrected chi connectivity index (χ3v) is 3.35. The molecule has 1 N–H and O–H groups in total. The Morgan fingerprint density at radius 1 is 1.61 bits per heavy atom. The molecule has 18 heavy (non-hydrogen) atoms. The van der Waals surface area contributed by atoms with Crippen LogP contribution in [0.4, 0.5) is 11.5 Å². The minimum Gasteiger partial charge on any atom is -0.362 e. The van der Waals surface area contributed by atoms with Gasteiger partial charge < -0.3 is 5.32 Å². The van der Waals surface area contributed by atoms with Gasteiger partial charge in [0.1, 0.15) is 0 Å². The normalized spacial score (nSPS) is 16.3. The molecule has 0 spiro atoms. The zero-order valence-electron chi connectivity index (χ0n) is 10.8. The van der Waals surface area contributed by atoms with E-state index in [4.69, 9.17) is 0 Å². The van der Waals surface area contributed by atoms with Crippen molar-refractivity contribution in [2.75, 3.05) is 5.32 Å². The van der Waals surface area contributed by atoms with Gasteiger partial charge in [-0.25, -0.2) is 4.98 Å². The molecule has 1 unspecified atom stereocenters. The van der Waals surface area contributed by atoms with Crippen molar-refractivity contribution in [1.29, 1.82) is 0 Å². The van der Waals surface area contributed by atoms with Crippen molar-refractivity contribution in [2.24, 2.45) is 5.92 Å². The van der Waals surface area contributed by atoms with Crippen LogP contribution in [0.5, 0.6) is 0 Å². The molecule has 0 radical (unpaired) electrons. The lowest BCUT2D eigenvalue weighted by molar-refractivity contribution is -0.384. The summed E-state index contributed by atoms with van der Waals surface area (Å²) in [6.45, 7) is 3.91. The Morgan fingerprint density at radius 2 is 2.33 bits per heavy atom. The Morgan fingerprint density at radius 3 is 2.89 bits per heavy atom. The average Bonchev–Trinajstić information content (AvgIpc) is 3.14. The third-order valence-electron chi connectivity index (χ3n) is 3.35. The molecule has 0 aromatic carbocycles. The summed E-state index contributed by atoms with van der Waals surface area (Å²) in [5.41, 5.74) is 0.881. The van der Waals surface area contributed by atoms with E-state index in [1.807, 2.05) is 6.92 Å². The highest BCUT2D eigenvalue weighted by molar-refractivity contribution is 5.57. The lowest BCUT2D eigenvalue weighted by atomic mass is 10.1. The van der Waals surface area contributed by atoms with Crippen LogP contribution in [-0.2, 0) is 0 Å². The fourth-order valence-corrected chi connectivity index (χ4v) is 2.08. The van der Waals surface area contributed by atoms with Gasteiger partial charge in [0.25, 0.3) is 0 Å². The number of aryl methyl sites for hydroxylation is 1. The summed E-state index contributed by atoms with van der Waals surface area (Å²) in [5.74, 6) is 1.20. The summed E-state index contributed by atoms with van der Waals surface area (Å²) in [7, 11) is 0. The predicted octanol–water partition coefficient (Wildman–Crippen LogP) is 3.29. The maximum absolute atomic E-state index is 11.0. The molecule has 1 aromatic rings. The summed E-state index contributed by atoms with van der Waals surface area (Å²) in [6.07, 6.45) is 6.30. The molecule has 1 atom stereocenters. The van der Waals surface area contributed by atoms with E-state index in [-0.39, 0.29) is 16.7 Å². The zero-order chi connectivity index (χ0) is 13.1. The molecule has 1 fully saturated rings. The molecule has 2 rings (SSSR count). The van der Waals surface area contributed by atoms with Crippen LogP contribution in [0, 0.1) is 23.0 Å². The maximum Gasteiger partial charge on any atom is 0.311 e. The van der Waals surface area contributed by atoms with E-state index in [0.717, 1.165) is 24.3 Å². The van der Waals surface area contributed by atoms with Crippen molar-refractivity contribution in [2.45, 2.75) is 45.6 Å². The Hall–Kier alpha value is -1.65. The first kappa shape index (κ1) is 12.8. The van der Waals surface area contributed by atoms with Gasteiger partial charge in [-0.3, -0.25) is 10.1 Å². The Kier molecular flexibility index (Phi) is 3.79. The molecule has 1 heterocycles. The van der Waals surface area contributed by atoms with Gasteiger partial charge in [0.15, 0.2) is 0 Å². The molecule has 98 valence electrons. The van der Waals surface area contributed by atoms with Gasteiger partial charge in [-0.05, 0) is 31.2 Å². The van der Waals surface area contributed by atoms with Gasteiger partial charge in [0, 0.05) is 18.3 Å². The lowest BCUT2D eigenvalue weighted by Crippen LogP contribution is -2.20. The second-order valence-corrected chi connectivity index (χ2v) is 5.07. The van der Waals surface area contributed by atoms with Crippen LogP contribution in [0.15, 0.2) is 12.3 Å². The SMILES string of the molecule is CCC(CC1CC1)Nc1ncc(C)cc1[N+](=O)[O-]. The number of nitrogens with zero attached hydrogens (tertiary/aromatic N) is 2. The smallest absolute Gasteiger partial charge is 0.311 e. The van der Waals surface area contributed by atoms with E-state index >= 15 is 0 Å². The van der Waals surface area contributed by atoms with Crippen LogP contribution >= 0.6 is 0 Å². The van der Waals surface area contributed by atoms with Crippen LogP contribution in [0.1, 0.15) is 38.2 Å². The molecular weight excluding hydrogens is 230 g/mol. The highest BCUT2D eigenvalue weighted by atomic mass is 16.6. The average molecular weight is 249 g/mol. The number of nitrogens with one attached hydrogen (secondary N) is 1. The number of hydrogen-bond acceptors (Lipinski definition) is 4. The van der Waals surface area contributed by atoms with Gasteiger partial charge in [-0.2, -0.15) is 0 Å². The second-order valence-electron chi connectivity index (χ2n) is 5.07. The van der Waals surface area contributed by atoms with Gasteiger partial charge in [0.2, 0.25) is 5.82 Å². The van der Waals surface area contributed by atoms with Crippen molar-refractivity contribution in [3.05, 3.63) is 27.9 Å². The second kappa shape index (κ2) is 5.33. The molecular formula is C13H19N3O2. The van der Waals surface area contributed by atoms with E-state index < -0.39 is 0 Å². The number of anilines is 1. The van der Waals surface area contributed by atoms with Crippen molar-refractivity contribution in [3.63, 3.8) is 0 Å². The molecule has 0 aliphatic heterocycles. The fourth-order valence-electron chi connectivity index (χ4n) is 2.08. The van der Waals surface area contributed by atoms with E-state index in [1.54, 1.807) is 12.3 Å². The first-order valence-electron chi connectivity index (χ1n) is 6.47. The van der Waals surface area contributed by atoms with E-state index in [9.17, 15) is 10.1 Å². The van der Waals surface area contributed by atoms with Crippen molar-refractivity contribution in [3.8, 4) is 0 Å². The predicted molar refractivity (Wildman–Crippen MR) is 70.7 cm³/mol. The highest BCUT2D eigenvalue weighted by Gasteiger charge is 2.26. The number of pyridine rings is 1. The van der Waals surface area contributed by atoms with E-state index in [0.29, 0.717) is 5.82 Å². The van der Waals surface area contributed by atoms with Crippen LogP contribution in [0.3, 0.4) is 0 Å². The van der Waals surface area contributed by atoms with Gasteiger partial charge in [-0.1, -0.05) is 19.8 Å². The molecule has 1 saturated carbocycles. The van der Waals surface area contributed by atoms with Gasteiger partial charge >= 0.3 is 5.69 Å². The zero-order valence-corrected chi connectivity index (χ0v) is 10.8. The van der Waals surface area contributed by atoms with Crippen LogP contribution in [-0.4, -0.2) is 15.9 Å². The Bertz CT molecular complexity index is 444. The number of hydrogen-bond donors (Lipinski definition) is 1. The van der Waals surface area contributed by atoms with Crippen LogP contribution < -0.4 is 5.32 Å². The maximum atomic E-state index is 11.0. The van der Waals surface area contributed by atoms with Crippen molar-refractivity contribution >= 4 is 11.5 Å². The number of nitro groups is 1. The Labute approximate surface area is 107 Å². The topological polar surface area (TPSA) is 68.1 Å². The van der Waals surface area contributed by atoms with Crippen LogP contribution in [0.2, 0.25) is 0 Å². The first-order valence-corrected chi connectivity index (χ1v) is 6.47. The molecule has 5 heteroatoms. The van der Waals surface area contributed by atoms with Crippen molar-refractivity contribution in [1.82, 2.24) is 4.98 Å². The fraction of sp³-hybridized carbons (Fsp3) is 0.615. The molecule has 1 aromatic heterocycles. The van der Waals surface area contributed by atoms with Gasteiger partial charge in [0.05, 0.1) is 4.92 Å². The Balaban J connectivity index is 2.13. The van der Waals surface area contributed by atoms with Crippen LogP contribution in [0.25, 0.3) is 0 Å². The van der Waals surface area contributed by atoms with Gasteiger partial charge in [-0.15, -0.1) is 0 Å². The minimum absolute atomic E-state index is 0.0734. The third kappa shape index (κ3) is 3.18. The standard InChI is InChI=1S/C13H19N3O2/c1-3-11(7-10-4-5-10)15-13-12(16(17)18)6-9(2)8-14-13/h6,8,10-11H,3-5,7H2,1-2H3,(H,14,15). The highest BCUT2D eigenvalue weighted by Crippen LogP contribution is 2.35. The molecule has 0 bridgehead atoms. The number of rotatable bonds is 6. The summed E-state index contributed by atoms with van der Waals surface area (Å²) in [6, 6.07) is 1.85. The monoisotopic (exact) mass is 249 g/mol. The summed E-state index contributed by atoms with van der Waals surface area (Å²) in [5, 5.41) is 14.2.